The molecule has 0 aromatic heterocycles. The van der Waals surface area contributed by atoms with Gasteiger partial charge in [0.2, 0.25) is 0 Å². The molecule has 0 bridgehead atoms. The summed E-state index contributed by atoms with van der Waals surface area (Å²) < 4.78 is 16.3. The Labute approximate surface area is 207 Å². The van der Waals surface area contributed by atoms with Gasteiger partial charge < -0.3 is 24.0 Å². The second-order valence-electron chi connectivity index (χ2n) is 7.40. The van der Waals surface area contributed by atoms with Gasteiger partial charge in [0, 0.05) is 36.3 Å². The number of benzene rings is 2. The van der Waals surface area contributed by atoms with Crippen molar-refractivity contribution in [3.63, 3.8) is 0 Å². The molecule has 2 aromatic carbocycles. The summed E-state index contributed by atoms with van der Waals surface area (Å²) in [4.78, 5) is 28.4. The number of hydrogen-bond donors (Lipinski definition) is 0. The molecule has 8 nitrogen and oxygen atoms in total. The Morgan fingerprint density at radius 2 is 1.76 bits per heavy atom. The van der Waals surface area contributed by atoms with Crippen LogP contribution in [-0.4, -0.2) is 63.3 Å². The van der Waals surface area contributed by atoms with Gasteiger partial charge in [-0.2, -0.15) is 5.26 Å². The minimum absolute atomic E-state index is 0.0274. The van der Waals surface area contributed by atoms with E-state index in [1.165, 1.54) is 13.2 Å². The molecule has 1 amide bonds. The molecule has 0 aliphatic carbocycles. The van der Waals surface area contributed by atoms with Crippen molar-refractivity contribution in [3.05, 3.63) is 58.1 Å². The zero-order valence-corrected chi connectivity index (χ0v) is 20.7. The van der Waals surface area contributed by atoms with E-state index >= 15 is 0 Å². The Balaban J connectivity index is 1.76. The first-order valence-corrected chi connectivity index (χ1v) is 11.6. The number of methoxy groups -OCH3 is 1. The number of halogens is 1. The average Bonchev–Trinajstić information content (AvgIpc) is 2.88. The Hall–Kier alpha value is -3.51. The van der Waals surface area contributed by atoms with E-state index in [1.807, 2.05) is 43.3 Å². The molecule has 3 rings (SSSR count). The van der Waals surface area contributed by atoms with Gasteiger partial charge in [-0.3, -0.25) is 4.79 Å². The fourth-order valence-electron chi connectivity index (χ4n) is 3.51. The van der Waals surface area contributed by atoms with Crippen molar-refractivity contribution >= 4 is 39.6 Å². The van der Waals surface area contributed by atoms with Gasteiger partial charge in [-0.1, -0.05) is 34.1 Å². The summed E-state index contributed by atoms with van der Waals surface area (Å²) in [6.45, 7) is 4.36. The largest absolute Gasteiger partial charge is 0.490 e. The smallest absolute Gasteiger partial charge is 0.343 e. The molecule has 1 aliphatic heterocycles. The van der Waals surface area contributed by atoms with Gasteiger partial charge >= 0.3 is 5.97 Å². The van der Waals surface area contributed by atoms with Crippen LogP contribution in [0.1, 0.15) is 12.5 Å². The predicted molar refractivity (Wildman–Crippen MR) is 132 cm³/mol. The number of amides is 1. The van der Waals surface area contributed by atoms with Crippen molar-refractivity contribution in [2.45, 2.75) is 6.92 Å². The van der Waals surface area contributed by atoms with E-state index in [4.69, 9.17) is 9.47 Å². The van der Waals surface area contributed by atoms with Gasteiger partial charge in [0.1, 0.15) is 11.6 Å². The SMILES string of the molecule is CCOc1cc(/C=C(/C#N)C(=O)N2CCN(c3ccccc3)CC2)c(Br)cc1OCC(=O)OC. The molecule has 1 saturated heterocycles. The summed E-state index contributed by atoms with van der Waals surface area (Å²) in [6.07, 6.45) is 1.53. The molecule has 0 atom stereocenters. The highest BCUT2D eigenvalue weighted by molar-refractivity contribution is 9.10. The van der Waals surface area contributed by atoms with Crippen molar-refractivity contribution in [2.24, 2.45) is 0 Å². The van der Waals surface area contributed by atoms with E-state index in [2.05, 4.69) is 25.6 Å². The van der Waals surface area contributed by atoms with Crippen LogP contribution in [0.15, 0.2) is 52.5 Å². The summed E-state index contributed by atoms with van der Waals surface area (Å²) in [5, 5.41) is 9.71. The number of carbonyl (C=O) groups excluding carboxylic acids is 2. The number of para-hydroxylation sites is 1. The lowest BCUT2D eigenvalue weighted by molar-refractivity contribution is -0.143. The topological polar surface area (TPSA) is 92.1 Å². The van der Waals surface area contributed by atoms with E-state index in [0.717, 1.165) is 5.69 Å². The summed E-state index contributed by atoms with van der Waals surface area (Å²) >= 11 is 3.46. The van der Waals surface area contributed by atoms with Crippen LogP contribution in [0.2, 0.25) is 0 Å². The van der Waals surface area contributed by atoms with E-state index < -0.39 is 5.97 Å². The molecule has 1 heterocycles. The van der Waals surface area contributed by atoms with Crippen molar-refractivity contribution in [3.8, 4) is 17.6 Å². The minimum atomic E-state index is -0.521. The maximum Gasteiger partial charge on any atom is 0.343 e. The second kappa shape index (κ2) is 12.1. The molecule has 0 radical (unpaired) electrons. The summed E-state index contributed by atoms with van der Waals surface area (Å²) in [5.74, 6) is -0.0985. The van der Waals surface area contributed by atoms with Crippen molar-refractivity contribution < 1.29 is 23.8 Å². The Kier molecular flexibility index (Phi) is 8.93. The Morgan fingerprint density at radius 3 is 2.38 bits per heavy atom. The number of nitriles is 1. The van der Waals surface area contributed by atoms with Crippen LogP contribution in [-0.2, 0) is 14.3 Å². The molecule has 1 fully saturated rings. The molecule has 2 aromatic rings. The lowest BCUT2D eigenvalue weighted by Gasteiger charge is -2.36. The molecule has 1 aliphatic rings. The average molecular weight is 528 g/mol. The molecular weight excluding hydrogens is 502 g/mol. The normalized spacial score (nSPS) is 13.8. The molecule has 0 unspecified atom stereocenters. The number of hydrogen-bond acceptors (Lipinski definition) is 7. The molecule has 0 N–H and O–H groups in total. The van der Waals surface area contributed by atoms with Gasteiger partial charge in [0.05, 0.1) is 13.7 Å². The molecule has 9 heteroatoms. The maximum absolute atomic E-state index is 13.1. The highest BCUT2D eigenvalue weighted by Crippen LogP contribution is 2.35. The van der Waals surface area contributed by atoms with Crippen LogP contribution in [0.25, 0.3) is 6.08 Å². The van der Waals surface area contributed by atoms with Gasteiger partial charge in [-0.15, -0.1) is 0 Å². The van der Waals surface area contributed by atoms with Crippen molar-refractivity contribution in [2.75, 3.05) is 51.4 Å². The number of piperazine rings is 1. The first-order valence-electron chi connectivity index (χ1n) is 10.8. The third-order valence-electron chi connectivity index (χ3n) is 5.27. The molecule has 178 valence electrons. The Bertz CT molecular complexity index is 1090. The van der Waals surface area contributed by atoms with Gasteiger partial charge in [-0.05, 0) is 42.8 Å². The van der Waals surface area contributed by atoms with Crippen molar-refractivity contribution in [1.82, 2.24) is 4.90 Å². The van der Waals surface area contributed by atoms with Crippen LogP contribution < -0.4 is 14.4 Å². The third kappa shape index (κ3) is 6.29. The standard InChI is InChI=1S/C25H26BrN3O5/c1-3-33-22-14-18(21(26)15-23(22)34-17-24(30)32-2)13-19(16-27)25(31)29-11-9-28(10-12-29)20-7-5-4-6-8-20/h4-8,13-15H,3,9-12,17H2,1-2H3/b19-13-. The minimum Gasteiger partial charge on any atom is -0.490 e. The lowest BCUT2D eigenvalue weighted by Crippen LogP contribution is -2.49. The van der Waals surface area contributed by atoms with Crippen LogP contribution in [0.5, 0.6) is 11.5 Å². The molecule has 0 saturated carbocycles. The number of nitrogens with zero attached hydrogens (tertiary/aromatic N) is 3. The number of esters is 1. The van der Waals surface area contributed by atoms with E-state index in [1.54, 1.807) is 17.0 Å². The number of rotatable bonds is 8. The third-order valence-corrected chi connectivity index (χ3v) is 5.96. The summed E-state index contributed by atoms with van der Waals surface area (Å²) in [5.41, 5.74) is 1.73. The Morgan fingerprint density at radius 1 is 1.09 bits per heavy atom. The maximum atomic E-state index is 13.1. The second-order valence-corrected chi connectivity index (χ2v) is 8.26. The fourth-order valence-corrected chi connectivity index (χ4v) is 3.95. The van der Waals surface area contributed by atoms with Crippen molar-refractivity contribution in [1.29, 1.82) is 5.26 Å². The van der Waals surface area contributed by atoms with E-state index in [0.29, 0.717) is 54.3 Å². The molecule has 0 spiro atoms. The van der Waals surface area contributed by atoms with Crippen LogP contribution in [0.4, 0.5) is 5.69 Å². The first-order chi connectivity index (χ1) is 16.5. The quantitative estimate of drug-likeness (QED) is 0.294. The number of anilines is 1. The predicted octanol–water partition coefficient (Wildman–Crippen LogP) is 3.66. The zero-order valence-electron chi connectivity index (χ0n) is 19.1. The molecular formula is C25H26BrN3O5. The summed E-state index contributed by atoms with van der Waals surface area (Å²) in [6, 6.07) is 15.4. The van der Waals surface area contributed by atoms with E-state index in [9.17, 15) is 14.9 Å². The highest BCUT2D eigenvalue weighted by atomic mass is 79.9. The number of carbonyl (C=O) groups is 2. The zero-order chi connectivity index (χ0) is 24.5. The summed E-state index contributed by atoms with van der Waals surface area (Å²) in [7, 11) is 1.28. The highest BCUT2D eigenvalue weighted by Gasteiger charge is 2.24. The monoisotopic (exact) mass is 527 g/mol. The van der Waals surface area contributed by atoms with Gasteiger partial charge in [0.15, 0.2) is 18.1 Å². The first kappa shape index (κ1) is 25.1. The lowest BCUT2D eigenvalue weighted by atomic mass is 10.1. The van der Waals surface area contributed by atoms with Gasteiger partial charge in [0.25, 0.3) is 5.91 Å². The fraction of sp³-hybridized carbons (Fsp3) is 0.320. The van der Waals surface area contributed by atoms with Gasteiger partial charge in [-0.25, -0.2) is 4.79 Å². The van der Waals surface area contributed by atoms with Crippen LogP contribution in [0.3, 0.4) is 0 Å². The van der Waals surface area contributed by atoms with E-state index in [-0.39, 0.29) is 18.1 Å². The number of ether oxygens (including phenoxy) is 3. The molecule has 34 heavy (non-hydrogen) atoms. The van der Waals surface area contributed by atoms with Crippen LogP contribution >= 0.6 is 15.9 Å². The van der Waals surface area contributed by atoms with Crippen LogP contribution in [0, 0.1) is 11.3 Å².